The average molecular weight is 310 g/mol. The van der Waals surface area contributed by atoms with Crippen LogP contribution >= 0.6 is 11.6 Å². The molecule has 4 heteroatoms. The Morgan fingerprint density at radius 1 is 1.18 bits per heavy atom. The van der Waals surface area contributed by atoms with Crippen LogP contribution in [0.15, 0.2) is 48.5 Å². The van der Waals surface area contributed by atoms with E-state index in [0.29, 0.717) is 6.54 Å². The van der Waals surface area contributed by atoms with Gasteiger partial charge in [0.1, 0.15) is 5.82 Å². The molecule has 3 nitrogen and oxygen atoms in total. The van der Waals surface area contributed by atoms with Crippen LogP contribution in [-0.2, 0) is 13.0 Å². The van der Waals surface area contributed by atoms with Crippen molar-refractivity contribution in [2.75, 3.05) is 0 Å². The Morgan fingerprint density at radius 2 is 1.91 bits per heavy atom. The van der Waals surface area contributed by atoms with Crippen LogP contribution in [0.25, 0.3) is 11.0 Å². The molecule has 0 aliphatic heterocycles. The van der Waals surface area contributed by atoms with E-state index in [1.54, 1.807) is 0 Å². The van der Waals surface area contributed by atoms with Crippen LogP contribution in [0.4, 0.5) is 0 Å². The summed E-state index contributed by atoms with van der Waals surface area (Å²) in [6, 6.07) is 18.2. The molecule has 0 amide bonds. The number of hydrogen-bond donors (Lipinski definition) is 0. The number of aromatic nitrogens is 2. The zero-order chi connectivity index (χ0) is 15.5. The van der Waals surface area contributed by atoms with E-state index in [0.717, 1.165) is 33.9 Å². The van der Waals surface area contributed by atoms with Gasteiger partial charge in [0.25, 0.3) is 0 Å². The standard InChI is InChI=1S/C18H16ClN3/c1-13(11-20)12-22-17-5-3-2-4-16(17)21-18(22)10-14-6-8-15(19)9-7-14/h2-9,13H,10,12H2,1H3. The van der Waals surface area contributed by atoms with E-state index in [4.69, 9.17) is 21.8 Å². The molecular weight excluding hydrogens is 294 g/mol. The quantitative estimate of drug-likeness (QED) is 0.715. The second kappa shape index (κ2) is 6.21. The Bertz CT molecular complexity index is 828. The molecule has 1 atom stereocenters. The van der Waals surface area contributed by atoms with Gasteiger partial charge >= 0.3 is 0 Å². The van der Waals surface area contributed by atoms with Crippen molar-refractivity contribution < 1.29 is 0 Å². The number of nitrogens with zero attached hydrogens (tertiary/aromatic N) is 3. The second-order valence-electron chi connectivity index (χ2n) is 5.46. The molecule has 0 aliphatic rings. The maximum Gasteiger partial charge on any atom is 0.114 e. The summed E-state index contributed by atoms with van der Waals surface area (Å²) in [6.07, 6.45) is 0.726. The summed E-state index contributed by atoms with van der Waals surface area (Å²) in [5.74, 6) is 0.923. The predicted octanol–water partition coefficient (Wildman–Crippen LogP) is 4.44. The normalized spacial score (nSPS) is 12.2. The van der Waals surface area contributed by atoms with Gasteiger partial charge in [-0.15, -0.1) is 0 Å². The number of halogens is 1. The number of rotatable bonds is 4. The number of nitriles is 1. The summed E-state index contributed by atoms with van der Waals surface area (Å²) in [7, 11) is 0. The van der Waals surface area contributed by atoms with Gasteiger partial charge in [0, 0.05) is 18.0 Å². The molecule has 0 N–H and O–H groups in total. The van der Waals surface area contributed by atoms with Gasteiger partial charge in [-0.05, 0) is 36.8 Å². The fourth-order valence-electron chi connectivity index (χ4n) is 2.56. The van der Waals surface area contributed by atoms with Gasteiger partial charge in [0.15, 0.2) is 0 Å². The van der Waals surface area contributed by atoms with Crippen molar-refractivity contribution in [3.05, 3.63) is 64.9 Å². The Kier molecular flexibility index (Phi) is 4.13. The SMILES string of the molecule is CC(C#N)Cn1c(Cc2ccc(Cl)cc2)nc2ccccc21. The van der Waals surface area contributed by atoms with E-state index >= 15 is 0 Å². The van der Waals surface area contributed by atoms with E-state index < -0.39 is 0 Å². The molecule has 22 heavy (non-hydrogen) atoms. The summed E-state index contributed by atoms with van der Waals surface area (Å²) in [5, 5.41) is 9.85. The molecule has 0 saturated heterocycles. The summed E-state index contributed by atoms with van der Waals surface area (Å²) in [5.41, 5.74) is 3.20. The minimum atomic E-state index is -0.0541. The third-order valence-electron chi connectivity index (χ3n) is 3.69. The lowest BCUT2D eigenvalue weighted by atomic mass is 10.1. The lowest BCUT2D eigenvalue weighted by molar-refractivity contribution is 0.574. The third-order valence-corrected chi connectivity index (χ3v) is 3.94. The fraction of sp³-hybridized carbons (Fsp3) is 0.222. The van der Waals surface area contributed by atoms with Crippen molar-refractivity contribution in [2.45, 2.75) is 19.9 Å². The lowest BCUT2D eigenvalue weighted by Gasteiger charge is -2.10. The van der Waals surface area contributed by atoms with Gasteiger partial charge in [-0.25, -0.2) is 4.98 Å². The van der Waals surface area contributed by atoms with Crippen LogP contribution in [0.1, 0.15) is 18.3 Å². The molecule has 0 fully saturated rings. The number of benzene rings is 2. The van der Waals surface area contributed by atoms with Crippen LogP contribution < -0.4 is 0 Å². The molecule has 0 spiro atoms. The molecule has 2 aromatic carbocycles. The first-order valence-corrected chi connectivity index (χ1v) is 7.63. The Balaban J connectivity index is 2.02. The van der Waals surface area contributed by atoms with Crippen molar-refractivity contribution in [1.82, 2.24) is 9.55 Å². The summed E-state index contributed by atoms with van der Waals surface area (Å²) >= 11 is 5.94. The minimum Gasteiger partial charge on any atom is -0.326 e. The van der Waals surface area contributed by atoms with Crippen molar-refractivity contribution in [1.29, 1.82) is 5.26 Å². The van der Waals surface area contributed by atoms with E-state index in [1.165, 1.54) is 0 Å². The van der Waals surface area contributed by atoms with Crippen LogP contribution in [0.5, 0.6) is 0 Å². The number of para-hydroxylation sites is 2. The maximum atomic E-state index is 9.12. The molecule has 3 aromatic rings. The highest BCUT2D eigenvalue weighted by Crippen LogP contribution is 2.20. The highest BCUT2D eigenvalue weighted by molar-refractivity contribution is 6.30. The molecule has 0 saturated carbocycles. The van der Waals surface area contributed by atoms with Crippen molar-refractivity contribution in [3.63, 3.8) is 0 Å². The molecule has 110 valence electrons. The van der Waals surface area contributed by atoms with Gasteiger partial charge in [-0.2, -0.15) is 5.26 Å². The van der Waals surface area contributed by atoms with Gasteiger partial charge in [0.2, 0.25) is 0 Å². The van der Waals surface area contributed by atoms with Crippen molar-refractivity contribution in [3.8, 4) is 6.07 Å². The molecule has 0 bridgehead atoms. The van der Waals surface area contributed by atoms with Crippen LogP contribution in [0.2, 0.25) is 5.02 Å². The van der Waals surface area contributed by atoms with E-state index in [9.17, 15) is 0 Å². The predicted molar refractivity (Wildman–Crippen MR) is 88.8 cm³/mol. The smallest absolute Gasteiger partial charge is 0.114 e. The minimum absolute atomic E-state index is 0.0541. The first-order valence-electron chi connectivity index (χ1n) is 7.25. The summed E-state index contributed by atoms with van der Waals surface area (Å²) < 4.78 is 2.15. The molecule has 0 radical (unpaired) electrons. The topological polar surface area (TPSA) is 41.6 Å². The van der Waals surface area contributed by atoms with Gasteiger partial charge in [-0.3, -0.25) is 0 Å². The lowest BCUT2D eigenvalue weighted by Crippen LogP contribution is -2.10. The Morgan fingerprint density at radius 3 is 2.64 bits per heavy atom. The van der Waals surface area contributed by atoms with Crippen LogP contribution in [0, 0.1) is 17.2 Å². The van der Waals surface area contributed by atoms with Crippen LogP contribution in [0.3, 0.4) is 0 Å². The fourth-order valence-corrected chi connectivity index (χ4v) is 2.69. The molecular formula is C18H16ClN3. The molecule has 1 unspecified atom stereocenters. The molecule has 0 aliphatic carbocycles. The zero-order valence-corrected chi connectivity index (χ0v) is 13.1. The largest absolute Gasteiger partial charge is 0.326 e. The first kappa shape index (κ1) is 14.6. The van der Waals surface area contributed by atoms with Gasteiger partial charge in [-0.1, -0.05) is 35.9 Å². The number of imidazole rings is 1. The van der Waals surface area contributed by atoms with Crippen LogP contribution in [-0.4, -0.2) is 9.55 Å². The summed E-state index contributed by atoms with van der Waals surface area (Å²) in [6.45, 7) is 2.58. The monoisotopic (exact) mass is 309 g/mol. The molecule has 1 aromatic heterocycles. The zero-order valence-electron chi connectivity index (χ0n) is 12.3. The van der Waals surface area contributed by atoms with Gasteiger partial charge < -0.3 is 4.57 Å². The van der Waals surface area contributed by atoms with Crippen molar-refractivity contribution >= 4 is 22.6 Å². The van der Waals surface area contributed by atoms with E-state index in [-0.39, 0.29) is 5.92 Å². The average Bonchev–Trinajstić information content (AvgIpc) is 2.87. The number of fused-ring (bicyclic) bond motifs is 1. The van der Waals surface area contributed by atoms with Crippen molar-refractivity contribution in [2.24, 2.45) is 5.92 Å². The number of hydrogen-bond acceptors (Lipinski definition) is 2. The highest BCUT2D eigenvalue weighted by Gasteiger charge is 2.13. The molecule has 3 rings (SSSR count). The second-order valence-corrected chi connectivity index (χ2v) is 5.90. The van der Waals surface area contributed by atoms with Gasteiger partial charge in [0.05, 0.1) is 23.0 Å². The Hall–Kier alpha value is -2.31. The third kappa shape index (κ3) is 2.98. The van der Waals surface area contributed by atoms with E-state index in [2.05, 4.69) is 16.7 Å². The first-order chi connectivity index (χ1) is 10.7. The summed E-state index contributed by atoms with van der Waals surface area (Å²) in [4.78, 5) is 4.74. The molecule has 1 heterocycles. The Labute approximate surface area is 134 Å². The highest BCUT2D eigenvalue weighted by atomic mass is 35.5. The van der Waals surface area contributed by atoms with E-state index in [1.807, 2.05) is 49.4 Å². The maximum absolute atomic E-state index is 9.12.